The van der Waals surface area contributed by atoms with E-state index in [0.717, 1.165) is 60.9 Å². The van der Waals surface area contributed by atoms with Gasteiger partial charge in [0.1, 0.15) is 17.0 Å². The average Bonchev–Trinajstić information content (AvgIpc) is 3.74. The van der Waals surface area contributed by atoms with Crippen molar-refractivity contribution in [2.45, 2.75) is 31.8 Å². The lowest BCUT2D eigenvalue weighted by molar-refractivity contribution is 0.0950. The lowest BCUT2D eigenvalue weighted by Crippen LogP contribution is -2.36. The van der Waals surface area contributed by atoms with Gasteiger partial charge in [0, 0.05) is 33.3 Å². The van der Waals surface area contributed by atoms with Gasteiger partial charge in [0.2, 0.25) is 5.43 Å². The molecule has 40 heavy (non-hydrogen) atoms. The first-order valence-corrected chi connectivity index (χ1v) is 14.3. The standard InChI is InChI=1S/C31H34N6O3/c1-35-24-17-20-7-2-3-8-21(20)18-25(24)37-29-23(10-11-26(34-29)33-19-22-9-6-16-40-22)28(38)27(31(35)37)30(39)32-12-15-36-13-4-5-14-36/h2-3,7-8,10-11,17-18,22H,4-6,9,12-16,19H2,1H3,(H,32,39)(H,33,34)/t22-/m0/s1. The summed E-state index contributed by atoms with van der Waals surface area (Å²) in [5, 5.41) is 9.03. The number of aromatic nitrogens is 3. The lowest BCUT2D eigenvalue weighted by atomic mass is 10.1. The first kappa shape index (κ1) is 25.0. The van der Waals surface area contributed by atoms with Gasteiger partial charge >= 0.3 is 0 Å². The van der Waals surface area contributed by atoms with Crippen molar-refractivity contribution in [2.24, 2.45) is 7.05 Å². The van der Waals surface area contributed by atoms with E-state index in [9.17, 15) is 9.59 Å². The molecule has 5 aromatic rings. The van der Waals surface area contributed by atoms with Crippen molar-refractivity contribution in [1.29, 1.82) is 0 Å². The SMILES string of the molecule is Cn1c2cc3ccccc3cc2n2c3nc(NC[C@@H]4CCCO4)ccc3c(=O)c(C(=O)NCCN3CCCC3)c12. The number of anilines is 1. The summed E-state index contributed by atoms with van der Waals surface area (Å²) in [5.74, 6) is 0.330. The summed E-state index contributed by atoms with van der Waals surface area (Å²) >= 11 is 0. The van der Waals surface area contributed by atoms with Gasteiger partial charge in [0.15, 0.2) is 5.65 Å². The van der Waals surface area contributed by atoms with Gasteiger partial charge in [0.05, 0.1) is 22.5 Å². The molecular weight excluding hydrogens is 504 g/mol. The van der Waals surface area contributed by atoms with E-state index >= 15 is 0 Å². The van der Waals surface area contributed by atoms with Crippen LogP contribution >= 0.6 is 0 Å². The Labute approximate surface area is 231 Å². The number of fused-ring (bicyclic) bond motifs is 6. The highest BCUT2D eigenvalue weighted by Crippen LogP contribution is 2.29. The minimum atomic E-state index is -0.348. The van der Waals surface area contributed by atoms with Crippen LogP contribution in [0, 0.1) is 0 Å². The van der Waals surface area contributed by atoms with Crippen molar-refractivity contribution in [1.82, 2.24) is 24.2 Å². The summed E-state index contributed by atoms with van der Waals surface area (Å²) < 4.78 is 9.69. The Kier molecular flexibility index (Phi) is 6.40. The molecule has 2 aliphatic heterocycles. The molecule has 0 radical (unpaired) electrons. The third kappa shape index (κ3) is 4.30. The maximum absolute atomic E-state index is 14.0. The number of imidazole rings is 1. The zero-order valence-corrected chi connectivity index (χ0v) is 22.8. The van der Waals surface area contributed by atoms with Crippen LogP contribution in [-0.2, 0) is 11.8 Å². The Morgan fingerprint density at radius 2 is 1.82 bits per heavy atom. The summed E-state index contributed by atoms with van der Waals surface area (Å²) in [6, 6.07) is 16.0. The van der Waals surface area contributed by atoms with Gasteiger partial charge in [-0.15, -0.1) is 0 Å². The lowest BCUT2D eigenvalue weighted by Gasteiger charge is -2.15. The Balaban J connectivity index is 1.39. The van der Waals surface area contributed by atoms with Crippen LogP contribution in [0.15, 0.2) is 53.3 Å². The summed E-state index contributed by atoms with van der Waals surface area (Å²) in [4.78, 5) is 34.9. The fourth-order valence-electron chi connectivity index (χ4n) is 6.32. The molecule has 2 aromatic carbocycles. The van der Waals surface area contributed by atoms with E-state index in [4.69, 9.17) is 9.72 Å². The van der Waals surface area contributed by atoms with Crippen molar-refractivity contribution >= 4 is 50.2 Å². The number of hydrogen-bond acceptors (Lipinski definition) is 6. The normalized spacial score (nSPS) is 18.0. The largest absolute Gasteiger partial charge is 0.376 e. The molecule has 0 aliphatic carbocycles. The van der Waals surface area contributed by atoms with E-state index in [-0.39, 0.29) is 23.0 Å². The van der Waals surface area contributed by atoms with E-state index in [0.29, 0.717) is 35.6 Å². The highest BCUT2D eigenvalue weighted by Gasteiger charge is 2.25. The van der Waals surface area contributed by atoms with Crippen LogP contribution in [0.25, 0.3) is 38.5 Å². The van der Waals surface area contributed by atoms with Gasteiger partial charge in [-0.05, 0) is 73.8 Å². The molecule has 7 rings (SSSR count). The minimum Gasteiger partial charge on any atom is -0.376 e. The van der Waals surface area contributed by atoms with Crippen LogP contribution in [0.3, 0.4) is 0 Å². The maximum Gasteiger partial charge on any atom is 0.259 e. The van der Waals surface area contributed by atoms with E-state index in [2.05, 4.69) is 39.8 Å². The van der Waals surface area contributed by atoms with Crippen molar-refractivity contribution in [3.05, 3.63) is 64.3 Å². The van der Waals surface area contributed by atoms with Gasteiger partial charge in [-0.3, -0.25) is 14.0 Å². The first-order chi connectivity index (χ1) is 19.6. The Bertz CT molecular complexity index is 1810. The molecule has 0 unspecified atom stereocenters. The van der Waals surface area contributed by atoms with Gasteiger partial charge in [-0.2, -0.15) is 0 Å². The van der Waals surface area contributed by atoms with Gasteiger partial charge in [-0.25, -0.2) is 4.98 Å². The highest BCUT2D eigenvalue weighted by molar-refractivity contribution is 6.07. The number of aryl methyl sites for hydroxylation is 1. The van der Waals surface area contributed by atoms with Crippen molar-refractivity contribution in [3.8, 4) is 0 Å². The van der Waals surface area contributed by atoms with Crippen LogP contribution in [-0.4, -0.2) is 70.2 Å². The maximum atomic E-state index is 14.0. The molecule has 2 saturated heterocycles. The number of likely N-dealkylation sites (tertiary alicyclic amines) is 1. The molecule has 9 nitrogen and oxygen atoms in total. The number of rotatable bonds is 7. The minimum absolute atomic E-state index is 0.151. The molecule has 1 amide bonds. The summed E-state index contributed by atoms with van der Waals surface area (Å²) in [6.45, 7) is 4.86. The molecule has 206 valence electrons. The zero-order valence-electron chi connectivity index (χ0n) is 22.8. The Morgan fingerprint density at radius 1 is 1.05 bits per heavy atom. The van der Waals surface area contributed by atoms with Crippen molar-refractivity contribution in [3.63, 3.8) is 0 Å². The number of nitrogens with zero attached hydrogens (tertiary/aromatic N) is 4. The number of pyridine rings is 2. The number of carbonyl (C=O) groups excluding carboxylic acids is 1. The quantitative estimate of drug-likeness (QED) is 0.327. The summed E-state index contributed by atoms with van der Waals surface area (Å²) in [5.41, 5.74) is 2.75. The second-order valence-electron chi connectivity index (χ2n) is 11.0. The molecule has 5 heterocycles. The Morgan fingerprint density at radius 3 is 2.58 bits per heavy atom. The fourth-order valence-corrected chi connectivity index (χ4v) is 6.32. The third-order valence-corrected chi connectivity index (χ3v) is 8.43. The predicted molar refractivity (Wildman–Crippen MR) is 158 cm³/mol. The molecule has 0 saturated carbocycles. The van der Waals surface area contributed by atoms with E-state index < -0.39 is 0 Å². The molecule has 9 heteroatoms. The highest BCUT2D eigenvalue weighted by atomic mass is 16.5. The molecule has 3 aromatic heterocycles. The van der Waals surface area contributed by atoms with Crippen LogP contribution in [0.1, 0.15) is 36.0 Å². The molecule has 0 bridgehead atoms. The number of amides is 1. The number of hydrogen-bond donors (Lipinski definition) is 2. The monoisotopic (exact) mass is 538 g/mol. The zero-order chi connectivity index (χ0) is 27.2. The second-order valence-corrected chi connectivity index (χ2v) is 11.0. The molecule has 2 aliphatic rings. The number of benzene rings is 2. The number of ether oxygens (including phenoxy) is 1. The van der Waals surface area contributed by atoms with Gasteiger partial charge in [-0.1, -0.05) is 24.3 Å². The number of carbonyl (C=O) groups is 1. The summed E-state index contributed by atoms with van der Waals surface area (Å²) in [6.07, 6.45) is 4.65. The van der Waals surface area contributed by atoms with Crippen molar-refractivity contribution in [2.75, 3.05) is 44.6 Å². The molecule has 2 fully saturated rings. The molecular formula is C31H34N6O3. The average molecular weight is 539 g/mol. The smallest absolute Gasteiger partial charge is 0.259 e. The predicted octanol–water partition coefficient (Wildman–Crippen LogP) is 3.91. The van der Waals surface area contributed by atoms with E-state index in [1.54, 1.807) is 6.07 Å². The van der Waals surface area contributed by atoms with Crippen LogP contribution in [0.2, 0.25) is 0 Å². The molecule has 2 N–H and O–H groups in total. The molecule has 0 spiro atoms. The third-order valence-electron chi connectivity index (χ3n) is 8.43. The topological polar surface area (TPSA) is 92.9 Å². The van der Waals surface area contributed by atoms with E-state index in [1.165, 1.54) is 12.8 Å². The number of nitrogens with one attached hydrogen (secondary N) is 2. The van der Waals surface area contributed by atoms with Crippen LogP contribution < -0.4 is 16.1 Å². The summed E-state index contributed by atoms with van der Waals surface area (Å²) in [7, 11) is 1.91. The molecule has 1 atom stereocenters. The fraction of sp³-hybridized carbons (Fsp3) is 0.387. The van der Waals surface area contributed by atoms with Gasteiger partial charge < -0.3 is 24.8 Å². The first-order valence-electron chi connectivity index (χ1n) is 14.3. The second kappa shape index (κ2) is 10.2. The Hall–Kier alpha value is -3.95. The van der Waals surface area contributed by atoms with Crippen LogP contribution in [0.4, 0.5) is 5.82 Å². The van der Waals surface area contributed by atoms with Crippen LogP contribution in [0.5, 0.6) is 0 Å². The van der Waals surface area contributed by atoms with E-state index in [1.807, 2.05) is 34.2 Å². The van der Waals surface area contributed by atoms with Gasteiger partial charge in [0.25, 0.3) is 5.91 Å². The van der Waals surface area contributed by atoms with Crippen molar-refractivity contribution < 1.29 is 9.53 Å².